The summed E-state index contributed by atoms with van der Waals surface area (Å²) in [5, 5.41) is 4.61. The molecule has 0 bridgehead atoms. The van der Waals surface area contributed by atoms with Crippen LogP contribution in [0.15, 0.2) is 66.7 Å². The summed E-state index contributed by atoms with van der Waals surface area (Å²) in [4.78, 5) is 11.9. The SMILES string of the molecule is C=C(C)C(=O)OC(C)(C)CC(C)Oc1cc2ccccc2c2ccccc12. The van der Waals surface area contributed by atoms with Gasteiger partial charge in [0.2, 0.25) is 0 Å². The summed E-state index contributed by atoms with van der Waals surface area (Å²) >= 11 is 0. The molecule has 0 heterocycles. The van der Waals surface area contributed by atoms with Crippen LogP contribution in [0.5, 0.6) is 5.75 Å². The molecule has 0 aliphatic carbocycles. The molecule has 0 saturated carbocycles. The second-order valence-corrected chi connectivity index (χ2v) is 7.70. The van der Waals surface area contributed by atoms with Crippen LogP contribution in [0.2, 0.25) is 0 Å². The van der Waals surface area contributed by atoms with E-state index < -0.39 is 5.60 Å². The number of hydrogen-bond donors (Lipinski definition) is 0. The molecule has 3 heteroatoms. The van der Waals surface area contributed by atoms with E-state index in [1.165, 1.54) is 10.8 Å². The molecule has 3 nitrogen and oxygen atoms in total. The van der Waals surface area contributed by atoms with Crippen LogP contribution in [0.3, 0.4) is 0 Å². The lowest BCUT2D eigenvalue weighted by molar-refractivity contribution is -0.153. The zero-order valence-corrected chi connectivity index (χ0v) is 16.4. The summed E-state index contributed by atoms with van der Waals surface area (Å²) in [6.07, 6.45) is 0.454. The van der Waals surface area contributed by atoms with Crippen LogP contribution in [-0.2, 0) is 9.53 Å². The first-order valence-corrected chi connectivity index (χ1v) is 9.23. The summed E-state index contributed by atoms with van der Waals surface area (Å²) in [6, 6.07) is 18.7. The van der Waals surface area contributed by atoms with Gasteiger partial charge >= 0.3 is 5.97 Å². The Morgan fingerprint density at radius 3 is 2.30 bits per heavy atom. The molecule has 0 spiro atoms. The molecule has 140 valence electrons. The molecule has 3 rings (SSSR count). The van der Waals surface area contributed by atoms with Gasteiger partial charge in [-0.3, -0.25) is 0 Å². The third-order valence-electron chi connectivity index (χ3n) is 4.55. The Bertz CT molecular complexity index is 1000. The van der Waals surface area contributed by atoms with Crippen molar-refractivity contribution in [2.75, 3.05) is 0 Å². The molecule has 1 unspecified atom stereocenters. The van der Waals surface area contributed by atoms with E-state index >= 15 is 0 Å². The lowest BCUT2D eigenvalue weighted by atomic mass is 9.99. The molecule has 0 radical (unpaired) electrons. The number of benzene rings is 3. The van der Waals surface area contributed by atoms with Gasteiger partial charge < -0.3 is 9.47 Å². The van der Waals surface area contributed by atoms with Gasteiger partial charge in [0.25, 0.3) is 0 Å². The number of carbonyl (C=O) groups excluding carboxylic acids is 1. The Hall–Kier alpha value is -2.81. The van der Waals surface area contributed by atoms with Crippen LogP contribution in [0.25, 0.3) is 21.5 Å². The van der Waals surface area contributed by atoms with E-state index in [9.17, 15) is 4.79 Å². The Labute approximate surface area is 160 Å². The van der Waals surface area contributed by atoms with Gasteiger partial charge in [0.15, 0.2) is 0 Å². The number of carbonyl (C=O) groups is 1. The first-order valence-electron chi connectivity index (χ1n) is 9.23. The quantitative estimate of drug-likeness (QED) is 0.304. The summed E-state index contributed by atoms with van der Waals surface area (Å²) < 4.78 is 11.8. The number of rotatable bonds is 6. The minimum atomic E-state index is -0.637. The molecular formula is C24H26O3. The Balaban J connectivity index is 1.87. The zero-order valence-electron chi connectivity index (χ0n) is 16.4. The normalized spacial score (nSPS) is 12.7. The number of hydrogen-bond acceptors (Lipinski definition) is 3. The maximum atomic E-state index is 11.9. The van der Waals surface area contributed by atoms with E-state index in [-0.39, 0.29) is 12.1 Å². The van der Waals surface area contributed by atoms with Crippen LogP contribution in [0, 0.1) is 0 Å². The molecule has 0 amide bonds. The highest BCUT2D eigenvalue weighted by Crippen LogP contribution is 2.34. The van der Waals surface area contributed by atoms with Gasteiger partial charge in [0, 0.05) is 17.4 Å². The van der Waals surface area contributed by atoms with E-state index in [1.54, 1.807) is 6.92 Å². The van der Waals surface area contributed by atoms with E-state index in [2.05, 4.69) is 43.0 Å². The van der Waals surface area contributed by atoms with Crippen molar-refractivity contribution < 1.29 is 14.3 Å². The van der Waals surface area contributed by atoms with Gasteiger partial charge in [-0.05, 0) is 49.9 Å². The molecule has 0 saturated heterocycles. The van der Waals surface area contributed by atoms with E-state index in [0.29, 0.717) is 12.0 Å². The fourth-order valence-corrected chi connectivity index (χ4v) is 3.45. The molecule has 0 fully saturated rings. The van der Waals surface area contributed by atoms with Gasteiger partial charge in [-0.15, -0.1) is 0 Å². The smallest absolute Gasteiger partial charge is 0.333 e. The van der Waals surface area contributed by atoms with Crippen molar-refractivity contribution >= 4 is 27.5 Å². The largest absolute Gasteiger partial charge is 0.490 e. The standard InChI is InChI=1S/C24H26O3/c1-16(2)23(25)27-24(4,5)15-17(3)26-22-14-18-10-6-7-11-19(18)20-12-8-9-13-21(20)22/h6-14,17H,1,15H2,2-5H3. The van der Waals surface area contributed by atoms with E-state index in [0.717, 1.165) is 16.5 Å². The topological polar surface area (TPSA) is 35.5 Å². The van der Waals surface area contributed by atoms with Crippen molar-refractivity contribution in [1.29, 1.82) is 0 Å². The van der Waals surface area contributed by atoms with Gasteiger partial charge in [0.05, 0.1) is 6.10 Å². The summed E-state index contributed by atoms with van der Waals surface area (Å²) in [5.74, 6) is 0.474. The van der Waals surface area contributed by atoms with Crippen LogP contribution in [0.4, 0.5) is 0 Å². The lowest BCUT2D eigenvalue weighted by Crippen LogP contribution is -2.33. The minimum Gasteiger partial charge on any atom is -0.490 e. The molecule has 27 heavy (non-hydrogen) atoms. The number of fused-ring (bicyclic) bond motifs is 3. The molecule has 3 aromatic rings. The minimum absolute atomic E-state index is 0.123. The molecule has 0 aliphatic heterocycles. The first kappa shape index (κ1) is 19.0. The second-order valence-electron chi connectivity index (χ2n) is 7.70. The van der Waals surface area contributed by atoms with Gasteiger partial charge in [-0.1, -0.05) is 55.1 Å². The van der Waals surface area contributed by atoms with Crippen molar-refractivity contribution in [1.82, 2.24) is 0 Å². The number of esters is 1. The predicted octanol–water partition coefficient (Wildman–Crippen LogP) is 6.05. The average Bonchev–Trinajstić information content (AvgIpc) is 2.60. The van der Waals surface area contributed by atoms with Gasteiger partial charge in [-0.2, -0.15) is 0 Å². The predicted molar refractivity (Wildman–Crippen MR) is 111 cm³/mol. The van der Waals surface area contributed by atoms with Crippen LogP contribution >= 0.6 is 0 Å². The van der Waals surface area contributed by atoms with Crippen LogP contribution < -0.4 is 4.74 Å². The van der Waals surface area contributed by atoms with Crippen molar-refractivity contribution in [3.05, 3.63) is 66.7 Å². The molecular weight excluding hydrogens is 336 g/mol. The first-order chi connectivity index (χ1) is 12.8. The van der Waals surface area contributed by atoms with Gasteiger partial charge in [0.1, 0.15) is 11.4 Å². The molecule has 0 N–H and O–H groups in total. The fourth-order valence-electron chi connectivity index (χ4n) is 3.45. The molecule has 1 atom stereocenters. The van der Waals surface area contributed by atoms with Crippen molar-refractivity contribution in [2.24, 2.45) is 0 Å². The average molecular weight is 362 g/mol. The van der Waals surface area contributed by atoms with E-state index in [1.807, 2.05) is 39.0 Å². The highest BCUT2D eigenvalue weighted by Gasteiger charge is 2.27. The summed E-state index contributed by atoms with van der Waals surface area (Å²) in [7, 11) is 0. The highest BCUT2D eigenvalue weighted by atomic mass is 16.6. The van der Waals surface area contributed by atoms with Crippen LogP contribution in [0.1, 0.15) is 34.1 Å². The van der Waals surface area contributed by atoms with Crippen molar-refractivity contribution in [2.45, 2.75) is 45.8 Å². The maximum Gasteiger partial charge on any atom is 0.333 e. The van der Waals surface area contributed by atoms with Crippen molar-refractivity contribution in [3.63, 3.8) is 0 Å². The molecule has 3 aromatic carbocycles. The number of ether oxygens (including phenoxy) is 2. The van der Waals surface area contributed by atoms with Crippen molar-refractivity contribution in [3.8, 4) is 5.75 Å². The van der Waals surface area contributed by atoms with Crippen LogP contribution in [-0.4, -0.2) is 17.7 Å². The third-order valence-corrected chi connectivity index (χ3v) is 4.55. The summed E-state index contributed by atoms with van der Waals surface area (Å²) in [5.41, 5.74) is -0.237. The Kier molecular flexibility index (Phi) is 5.22. The zero-order chi connectivity index (χ0) is 19.6. The maximum absolute atomic E-state index is 11.9. The lowest BCUT2D eigenvalue weighted by Gasteiger charge is -2.29. The second kappa shape index (κ2) is 7.43. The molecule has 0 aliphatic rings. The Morgan fingerprint density at radius 2 is 1.63 bits per heavy atom. The third kappa shape index (κ3) is 4.30. The summed E-state index contributed by atoms with van der Waals surface area (Å²) in [6.45, 7) is 11.1. The van der Waals surface area contributed by atoms with E-state index in [4.69, 9.17) is 9.47 Å². The van der Waals surface area contributed by atoms with Gasteiger partial charge in [-0.25, -0.2) is 4.79 Å². The molecule has 0 aromatic heterocycles. The Morgan fingerprint density at radius 1 is 1.04 bits per heavy atom. The highest BCUT2D eigenvalue weighted by molar-refractivity contribution is 6.10. The monoisotopic (exact) mass is 362 g/mol. The fraction of sp³-hybridized carbons (Fsp3) is 0.292.